The van der Waals surface area contributed by atoms with Gasteiger partial charge in [0.2, 0.25) is 15.9 Å². The van der Waals surface area contributed by atoms with Gasteiger partial charge in [0.05, 0.1) is 5.75 Å². The van der Waals surface area contributed by atoms with Crippen molar-refractivity contribution in [2.45, 2.75) is 9.79 Å². The number of hydrogen-bond acceptors (Lipinski definition) is 4. The molecule has 0 spiro atoms. The predicted octanol–water partition coefficient (Wildman–Crippen LogP) is 3.60. The van der Waals surface area contributed by atoms with E-state index < -0.39 is 15.8 Å². The summed E-state index contributed by atoms with van der Waals surface area (Å²) in [5.41, 5.74) is 0. The first-order chi connectivity index (χ1) is 14.4. The van der Waals surface area contributed by atoms with Crippen molar-refractivity contribution in [3.05, 3.63) is 72.5 Å². The predicted molar refractivity (Wildman–Crippen MR) is 116 cm³/mol. The lowest BCUT2D eigenvalue weighted by atomic mass is 10.1. The number of piperazine rings is 1. The molecular weight excluding hydrogens is 423 g/mol. The Morgan fingerprint density at radius 1 is 0.900 bits per heavy atom. The number of carbonyl (C=O) groups is 1. The third-order valence-electron chi connectivity index (χ3n) is 5.13. The molecule has 3 aromatic carbocycles. The number of benzene rings is 3. The van der Waals surface area contributed by atoms with E-state index in [1.54, 1.807) is 4.90 Å². The highest BCUT2D eigenvalue weighted by molar-refractivity contribution is 8.00. The molecule has 1 aliphatic heterocycles. The fraction of sp³-hybridized carbons (Fsp3) is 0.227. The molecule has 1 amide bonds. The van der Waals surface area contributed by atoms with Crippen LogP contribution in [-0.4, -0.2) is 55.5 Å². The Balaban J connectivity index is 1.34. The molecule has 1 fully saturated rings. The SMILES string of the molecule is O=C(CSc1ccc2ccccc2c1)N1CCN(S(=O)(=O)c2ccccc2F)CC1. The minimum absolute atomic E-state index is 0.0314. The Morgan fingerprint density at radius 2 is 1.57 bits per heavy atom. The molecule has 8 heteroatoms. The molecule has 5 nitrogen and oxygen atoms in total. The number of rotatable bonds is 5. The normalized spacial score (nSPS) is 15.4. The summed E-state index contributed by atoms with van der Waals surface area (Å²) in [5.74, 6) is -0.503. The van der Waals surface area contributed by atoms with Crippen molar-refractivity contribution in [2.24, 2.45) is 0 Å². The fourth-order valence-corrected chi connectivity index (χ4v) is 5.80. The maximum absolute atomic E-state index is 13.9. The minimum atomic E-state index is -3.90. The molecule has 0 saturated carbocycles. The third-order valence-corrected chi connectivity index (χ3v) is 8.04. The van der Waals surface area contributed by atoms with Crippen molar-refractivity contribution in [3.63, 3.8) is 0 Å². The van der Waals surface area contributed by atoms with Crippen LogP contribution in [0.1, 0.15) is 0 Å². The Labute approximate surface area is 179 Å². The summed E-state index contributed by atoms with van der Waals surface area (Å²) in [6, 6.07) is 19.5. The van der Waals surface area contributed by atoms with Crippen LogP contribution >= 0.6 is 11.8 Å². The number of sulfonamides is 1. The Bertz CT molecular complexity index is 1180. The summed E-state index contributed by atoms with van der Waals surface area (Å²) in [6.45, 7) is 0.904. The van der Waals surface area contributed by atoms with E-state index in [1.165, 1.54) is 34.3 Å². The van der Waals surface area contributed by atoms with Crippen molar-refractivity contribution in [3.8, 4) is 0 Å². The van der Waals surface area contributed by atoms with Crippen molar-refractivity contribution in [1.29, 1.82) is 0 Å². The second kappa shape index (κ2) is 8.75. The number of carbonyl (C=O) groups excluding carboxylic acids is 1. The van der Waals surface area contributed by atoms with Crippen molar-refractivity contribution in [1.82, 2.24) is 9.21 Å². The number of nitrogens with zero attached hydrogens (tertiary/aromatic N) is 2. The molecule has 1 saturated heterocycles. The van der Waals surface area contributed by atoms with Crippen LogP contribution in [0.15, 0.2) is 76.5 Å². The van der Waals surface area contributed by atoms with E-state index in [-0.39, 0.29) is 23.9 Å². The zero-order chi connectivity index (χ0) is 21.1. The Morgan fingerprint density at radius 3 is 2.30 bits per heavy atom. The molecule has 156 valence electrons. The zero-order valence-corrected chi connectivity index (χ0v) is 17.8. The monoisotopic (exact) mass is 444 g/mol. The van der Waals surface area contributed by atoms with Gasteiger partial charge in [0.1, 0.15) is 10.7 Å². The number of halogens is 1. The molecule has 30 heavy (non-hydrogen) atoms. The zero-order valence-electron chi connectivity index (χ0n) is 16.2. The molecule has 1 aliphatic rings. The van der Waals surface area contributed by atoms with E-state index in [0.29, 0.717) is 18.8 Å². The number of amides is 1. The van der Waals surface area contributed by atoms with Gasteiger partial charge in [-0.15, -0.1) is 11.8 Å². The van der Waals surface area contributed by atoms with Crippen molar-refractivity contribution in [2.75, 3.05) is 31.9 Å². The second-order valence-electron chi connectivity index (χ2n) is 7.01. The summed E-state index contributed by atoms with van der Waals surface area (Å²) < 4.78 is 40.5. The topological polar surface area (TPSA) is 57.7 Å². The molecule has 0 atom stereocenters. The molecule has 3 aromatic rings. The highest BCUT2D eigenvalue weighted by atomic mass is 32.2. The van der Waals surface area contributed by atoms with Gasteiger partial charge in [-0.2, -0.15) is 4.31 Å². The van der Waals surface area contributed by atoms with E-state index in [4.69, 9.17) is 0 Å². The van der Waals surface area contributed by atoms with E-state index in [0.717, 1.165) is 21.7 Å². The lowest BCUT2D eigenvalue weighted by Gasteiger charge is -2.34. The fourth-order valence-electron chi connectivity index (χ4n) is 3.46. The maximum Gasteiger partial charge on any atom is 0.246 e. The summed E-state index contributed by atoms with van der Waals surface area (Å²) in [5, 5.41) is 2.28. The number of fused-ring (bicyclic) bond motifs is 1. The van der Waals surface area contributed by atoms with Gasteiger partial charge < -0.3 is 4.90 Å². The minimum Gasteiger partial charge on any atom is -0.339 e. The molecule has 1 heterocycles. The lowest BCUT2D eigenvalue weighted by molar-refractivity contribution is -0.129. The molecular formula is C22H21FN2O3S2. The summed E-state index contributed by atoms with van der Waals surface area (Å²) in [6.07, 6.45) is 0. The Hall–Kier alpha value is -2.42. The van der Waals surface area contributed by atoms with Gasteiger partial charge in [-0.3, -0.25) is 4.79 Å². The van der Waals surface area contributed by atoms with Crippen LogP contribution in [-0.2, 0) is 14.8 Å². The Kier molecular flexibility index (Phi) is 6.08. The van der Waals surface area contributed by atoms with Crippen molar-refractivity contribution >= 4 is 38.5 Å². The van der Waals surface area contributed by atoms with Crippen LogP contribution in [0.4, 0.5) is 4.39 Å². The number of hydrogen-bond donors (Lipinski definition) is 0. The second-order valence-corrected chi connectivity index (χ2v) is 9.97. The smallest absolute Gasteiger partial charge is 0.246 e. The molecule has 0 aliphatic carbocycles. The van der Waals surface area contributed by atoms with E-state index in [1.807, 2.05) is 36.4 Å². The molecule has 0 N–H and O–H groups in total. The van der Waals surface area contributed by atoms with Gasteiger partial charge in [0.25, 0.3) is 0 Å². The van der Waals surface area contributed by atoms with Gasteiger partial charge in [-0.25, -0.2) is 12.8 Å². The first-order valence-corrected chi connectivity index (χ1v) is 12.0. The standard InChI is InChI=1S/C22H21FN2O3S2/c23-20-7-3-4-8-21(20)30(27,28)25-13-11-24(12-14-25)22(26)16-29-19-10-9-17-5-1-2-6-18(17)15-19/h1-10,15H,11-14,16H2. The quantitative estimate of drug-likeness (QED) is 0.564. The van der Waals surface area contributed by atoms with Gasteiger partial charge in [0.15, 0.2) is 0 Å². The van der Waals surface area contributed by atoms with Gasteiger partial charge in [-0.1, -0.05) is 42.5 Å². The van der Waals surface area contributed by atoms with Crippen LogP contribution in [0.2, 0.25) is 0 Å². The third kappa shape index (κ3) is 4.35. The van der Waals surface area contributed by atoms with Crippen LogP contribution in [0.5, 0.6) is 0 Å². The van der Waals surface area contributed by atoms with Crippen LogP contribution in [0.3, 0.4) is 0 Å². The molecule has 4 rings (SSSR count). The van der Waals surface area contributed by atoms with E-state index in [2.05, 4.69) is 6.07 Å². The summed E-state index contributed by atoms with van der Waals surface area (Å²) in [7, 11) is -3.90. The summed E-state index contributed by atoms with van der Waals surface area (Å²) >= 11 is 1.47. The van der Waals surface area contributed by atoms with Crippen LogP contribution in [0, 0.1) is 5.82 Å². The van der Waals surface area contributed by atoms with Gasteiger partial charge in [-0.05, 0) is 35.0 Å². The summed E-state index contributed by atoms with van der Waals surface area (Å²) in [4.78, 5) is 15.0. The van der Waals surface area contributed by atoms with Crippen molar-refractivity contribution < 1.29 is 17.6 Å². The van der Waals surface area contributed by atoms with Crippen LogP contribution in [0.25, 0.3) is 10.8 Å². The molecule has 0 unspecified atom stereocenters. The molecule has 0 radical (unpaired) electrons. The van der Waals surface area contributed by atoms with Crippen LogP contribution < -0.4 is 0 Å². The molecule has 0 bridgehead atoms. The first-order valence-electron chi connectivity index (χ1n) is 9.59. The highest BCUT2D eigenvalue weighted by Crippen LogP contribution is 2.25. The van der Waals surface area contributed by atoms with Gasteiger partial charge in [0, 0.05) is 31.1 Å². The highest BCUT2D eigenvalue weighted by Gasteiger charge is 2.31. The lowest BCUT2D eigenvalue weighted by Crippen LogP contribution is -2.51. The average molecular weight is 445 g/mol. The largest absolute Gasteiger partial charge is 0.339 e. The van der Waals surface area contributed by atoms with E-state index in [9.17, 15) is 17.6 Å². The number of thioether (sulfide) groups is 1. The maximum atomic E-state index is 13.9. The first kappa shape index (κ1) is 20.8. The average Bonchev–Trinajstić information content (AvgIpc) is 2.77. The van der Waals surface area contributed by atoms with Gasteiger partial charge >= 0.3 is 0 Å². The van der Waals surface area contributed by atoms with E-state index >= 15 is 0 Å². The molecule has 0 aromatic heterocycles.